The number of carbonyl (C=O) groups excluding carboxylic acids is 1. The monoisotopic (exact) mass is 575 g/mol. The van der Waals surface area contributed by atoms with Crippen LogP contribution >= 0.6 is 23.1 Å². The molecule has 39 heavy (non-hydrogen) atoms. The van der Waals surface area contributed by atoms with E-state index in [-0.39, 0.29) is 11.6 Å². The molecule has 9 nitrogen and oxygen atoms in total. The van der Waals surface area contributed by atoms with Crippen LogP contribution in [0.3, 0.4) is 0 Å². The maximum absolute atomic E-state index is 13.4. The smallest absolute Gasteiger partial charge is 0.379 e. The molecule has 5 rings (SSSR count). The highest BCUT2D eigenvalue weighted by Crippen LogP contribution is 2.34. The molecular formula is C25H24F3N7O2S2. The normalized spacial score (nSPS) is 14.4. The van der Waals surface area contributed by atoms with Crippen LogP contribution in [0.1, 0.15) is 21.1 Å². The predicted octanol–water partition coefficient (Wildman–Crippen LogP) is 4.16. The van der Waals surface area contributed by atoms with Gasteiger partial charge in [0.1, 0.15) is 10.7 Å². The van der Waals surface area contributed by atoms with E-state index >= 15 is 0 Å². The Morgan fingerprint density at radius 2 is 1.92 bits per heavy atom. The molecule has 0 spiro atoms. The van der Waals surface area contributed by atoms with Gasteiger partial charge in [-0.05, 0) is 30.3 Å². The highest BCUT2D eigenvalue weighted by Gasteiger charge is 2.31. The molecule has 1 amide bonds. The molecule has 0 bridgehead atoms. The summed E-state index contributed by atoms with van der Waals surface area (Å²) >= 11 is 2.61. The number of halogens is 3. The summed E-state index contributed by atoms with van der Waals surface area (Å²) in [6, 6.07) is 8.46. The van der Waals surface area contributed by atoms with E-state index in [1.54, 1.807) is 40.5 Å². The van der Waals surface area contributed by atoms with Crippen LogP contribution in [0.25, 0.3) is 17.1 Å². The first-order valence-electron chi connectivity index (χ1n) is 12.1. The fraction of sp³-hybridized carbons (Fsp3) is 0.320. The van der Waals surface area contributed by atoms with E-state index in [1.165, 1.54) is 29.2 Å². The highest BCUT2D eigenvalue weighted by molar-refractivity contribution is 7.98. The van der Waals surface area contributed by atoms with Gasteiger partial charge in [0.15, 0.2) is 11.0 Å². The van der Waals surface area contributed by atoms with E-state index in [9.17, 15) is 18.0 Å². The molecule has 1 aliphatic rings. The molecule has 1 N–H and O–H groups in total. The highest BCUT2D eigenvalue weighted by atomic mass is 32.2. The number of nitrogens with zero attached hydrogens (tertiary/aromatic N) is 6. The van der Waals surface area contributed by atoms with Crippen molar-refractivity contribution in [3.05, 3.63) is 70.4 Å². The van der Waals surface area contributed by atoms with Gasteiger partial charge in [0.2, 0.25) is 0 Å². The standard InChI is InChI=1S/C25H24F3N7O2S2/c26-25(27,28)18-2-1-3-19(14-18)35-22(17-4-6-29-7-5-17)32-33-24(35)39-16-21-31-20(15-38-21)23(36)30-8-9-34-10-12-37-13-11-34/h1-7,14-15H,8-13,16H2,(H,30,36). The van der Waals surface area contributed by atoms with Crippen molar-refractivity contribution in [1.82, 2.24) is 34.9 Å². The Kier molecular flexibility index (Phi) is 8.55. The second-order valence-electron chi connectivity index (χ2n) is 8.55. The number of morpholine rings is 1. The van der Waals surface area contributed by atoms with Gasteiger partial charge in [-0.3, -0.25) is 19.2 Å². The molecule has 1 fully saturated rings. The van der Waals surface area contributed by atoms with Gasteiger partial charge in [-0.2, -0.15) is 13.2 Å². The van der Waals surface area contributed by atoms with Crippen LogP contribution in [-0.2, 0) is 16.7 Å². The molecule has 204 valence electrons. The van der Waals surface area contributed by atoms with Crippen molar-refractivity contribution in [2.45, 2.75) is 17.1 Å². The zero-order chi connectivity index (χ0) is 27.2. The van der Waals surface area contributed by atoms with Crippen LogP contribution in [0.4, 0.5) is 13.2 Å². The van der Waals surface area contributed by atoms with Crippen LogP contribution in [-0.4, -0.2) is 74.9 Å². The number of nitrogens with one attached hydrogen (secondary N) is 1. The van der Waals surface area contributed by atoms with Crippen molar-refractivity contribution in [2.24, 2.45) is 0 Å². The summed E-state index contributed by atoms with van der Waals surface area (Å²) < 4.78 is 47.2. The van der Waals surface area contributed by atoms with E-state index in [0.717, 1.165) is 31.8 Å². The average Bonchev–Trinajstić information content (AvgIpc) is 3.60. The van der Waals surface area contributed by atoms with Gasteiger partial charge in [0, 0.05) is 49.5 Å². The maximum Gasteiger partial charge on any atom is 0.416 e. The summed E-state index contributed by atoms with van der Waals surface area (Å²) in [5.41, 5.74) is 0.500. The van der Waals surface area contributed by atoms with Crippen LogP contribution in [0.5, 0.6) is 0 Å². The van der Waals surface area contributed by atoms with E-state index in [0.29, 0.717) is 52.8 Å². The van der Waals surface area contributed by atoms with Crippen molar-refractivity contribution in [2.75, 3.05) is 39.4 Å². The molecule has 0 unspecified atom stereocenters. The van der Waals surface area contributed by atoms with E-state index in [2.05, 4.69) is 30.4 Å². The van der Waals surface area contributed by atoms with Gasteiger partial charge >= 0.3 is 6.18 Å². The van der Waals surface area contributed by atoms with Crippen LogP contribution in [0.2, 0.25) is 0 Å². The Hall–Kier alpha value is -3.33. The fourth-order valence-corrected chi connectivity index (χ4v) is 5.70. The van der Waals surface area contributed by atoms with Crippen LogP contribution in [0, 0.1) is 0 Å². The fourth-order valence-electron chi connectivity index (χ4n) is 3.96. The van der Waals surface area contributed by atoms with Crippen molar-refractivity contribution >= 4 is 29.0 Å². The van der Waals surface area contributed by atoms with Gasteiger partial charge in [0.05, 0.1) is 30.2 Å². The number of hydrogen-bond donors (Lipinski definition) is 1. The Morgan fingerprint density at radius 3 is 2.69 bits per heavy atom. The topological polar surface area (TPSA) is 98.1 Å². The summed E-state index contributed by atoms with van der Waals surface area (Å²) in [6.07, 6.45) is -1.33. The first-order valence-corrected chi connectivity index (χ1v) is 13.9. The number of hydrogen-bond acceptors (Lipinski definition) is 9. The third-order valence-electron chi connectivity index (χ3n) is 5.93. The molecule has 0 atom stereocenters. The lowest BCUT2D eigenvalue weighted by Gasteiger charge is -2.26. The van der Waals surface area contributed by atoms with Crippen LogP contribution < -0.4 is 5.32 Å². The van der Waals surface area contributed by atoms with Gasteiger partial charge in [0.25, 0.3) is 5.91 Å². The SMILES string of the molecule is O=C(NCCN1CCOCC1)c1csc(CSc2nnc(-c3ccncc3)n2-c2cccc(C(F)(F)F)c2)n1. The molecule has 4 aromatic rings. The molecule has 0 radical (unpaired) electrons. The number of carbonyl (C=O) groups is 1. The van der Waals surface area contributed by atoms with E-state index < -0.39 is 11.7 Å². The number of thiazole rings is 1. The Bertz CT molecular complexity index is 1410. The number of ether oxygens (including phenoxy) is 1. The molecule has 0 saturated carbocycles. The molecule has 1 aliphatic heterocycles. The average molecular weight is 576 g/mol. The molecule has 0 aliphatic carbocycles. The molecule has 4 heterocycles. The zero-order valence-electron chi connectivity index (χ0n) is 20.6. The molecule has 1 aromatic carbocycles. The van der Waals surface area contributed by atoms with Crippen LogP contribution in [0.15, 0.2) is 59.3 Å². The lowest BCUT2D eigenvalue weighted by atomic mass is 10.2. The quantitative estimate of drug-likeness (QED) is 0.297. The summed E-state index contributed by atoms with van der Waals surface area (Å²) in [5.74, 6) is 0.501. The van der Waals surface area contributed by atoms with E-state index in [1.807, 2.05) is 0 Å². The third-order valence-corrected chi connectivity index (χ3v) is 7.90. The third kappa shape index (κ3) is 6.82. The van der Waals surface area contributed by atoms with E-state index in [4.69, 9.17) is 4.74 Å². The second kappa shape index (κ2) is 12.2. The van der Waals surface area contributed by atoms with Crippen molar-refractivity contribution in [3.63, 3.8) is 0 Å². The number of alkyl halides is 3. The summed E-state index contributed by atoms with van der Waals surface area (Å²) in [6.45, 7) is 4.36. The minimum atomic E-state index is -4.49. The molecule has 1 saturated heterocycles. The molecule has 3 aromatic heterocycles. The van der Waals surface area contributed by atoms with Gasteiger partial charge in [-0.1, -0.05) is 17.8 Å². The Balaban J connectivity index is 1.30. The Labute approximate surface area is 230 Å². The maximum atomic E-state index is 13.4. The second-order valence-corrected chi connectivity index (χ2v) is 10.4. The molecular weight excluding hydrogens is 551 g/mol. The lowest BCUT2D eigenvalue weighted by Crippen LogP contribution is -2.41. The minimum Gasteiger partial charge on any atom is -0.379 e. The van der Waals surface area contributed by atoms with Crippen molar-refractivity contribution in [3.8, 4) is 17.1 Å². The summed E-state index contributed by atoms with van der Waals surface area (Å²) in [7, 11) is 0. The number of benzene rings is 1. The number of thioether (sulfide) groups is 1. The zero-order valence-corrected chi connectivity index (χ0v) is 22.2. The summed E-state index contributed by atoms with van der Waals surface area (Å²) in [5, 5.41) is 14.2. The number of pyridine rings is 1. The van der Waals surface area contributed by atoms with Gasteiger partial charge in [-0.25, -0.2) is 4.98 Å². The lowest BCUT2D eigenvalue weighted by molar-refractivity contribution is -0.137. The van der Waals surface area contributed by atoms with Gasteiger partial charge < -0.3 is 10.1 Å². The Morgan fingerprint density at radius 1 is 1.13 bits per heavy atom. The largest absolute Gasteiger partial charge is 0.416 e. The predicted molar refractivity (Wildman–Crippen MR) is 141 cm³/mol. The number of amides is 1. The number of aromatic nitrogens is 5. The summed E-state index contributed by atoms with van der Waals surface area (Å²) in [4.78, 5) is 23.2. The van der Waals surface area contributed by atoms with Gasteiger partial charge in [-0.15, -0.1) is 21.5 Å². The first-order chi connectivity index (χ1) is 18.9. The minimum absolute atomic E-state index is 0.247. The first kappa shape index (κ1) is 27.2. The van der Waals surface area contributed by atoms with Crippen molar-refractivity contribution < 1.29 is 22.7 Å². The number of rotatable bonds is 9. The van der Waals surface area contributed by atoms with Crippen molar-refractivity contribution in [1.29, 1.82) is 0 Å². The molecule has 14 heteroatoms.